The van der Waals surface area contributed by atoms with Gasteiger partial charge in [0, 0.05) is 7.11 Å². The standard InChI is InChI=1S/C9H18N2O2/c1-6(2)8-9(13-4)10-5-7(11-8)12-3/h6-8,11H,5H2,1-4H3/t7?,8-/m1/s1. The highest BCUT2D eigenvalue weighted by molar-refractivity contribution is 5.82. The highest BCUT2D eigenvalue weighted by atomic mass is 16.5. The molecule has 1 heterocycles. The van der Waals surface area contributed by atoms with Crippen LogP contribution in [0.3, 0.4) is 0 Å². The number of aliphatic imine (C=N–C) groups is 1. The second-order valence-electron chi connectivity index (χ2n) is 3.50. The highest BCUT2D eigenvalue weighted by Crippen LogP contribution is 2.10. The van der Waals surface area contributed by atoms with Crippen molar-refractivity contribution >= 4 is 5.90 Å². The molecule has 4 nitrogen and oxygen atoms in total. The number of rotatable bonds is 2. The third kappa shape index (κ3) is 2.42. The smallest absolute Gasteiger partial charge is 0.201 e. The number of nitrogens with zero attached hydrogens (tertiary/aromatic N) is 1. The van der Waals surface area contributed by atoms with E-state index < -0.39 is 0 Å². The molecule has 13 heavy (non-hydrogen) atoms. The van der Waals surface area contributed by atoms with E-state index in [9.17, 15) is 0 Å². The zero-order valence-corrected chi connectivity index (χ0v) is 8.70. The predicted octanol–water partition coefficient (Wildman–Crippen LogP) is 0.632. The van der Waals surface area contributed by atoms with Gasteiger partial charge in [-0.2, -0.15) is 0 Å². The van der Waals surface area contributed by atoms with Crippen LogP contribution in [0.2, 0.25) is 0 Å². The van der Waals surface area contributed by atoms with E-state index in [0.717, 1.165) is 5.90 Å². The lowest BCUT2D eigenvalue weighted by atomic mass is 10.0. The molecule has 0 aromatic heterocycles. The number of nitrogens with one attached hydrogen (secondary N) is 1. The Labute approximate surface area is 79.3 Å². The van der Waals surface area contributed by atoms with Crippen LogP contribution in [0.15, 0.2) is 4.99 Å². The average Bonchev–Trinajstić information content (AvgIpc) is 2.16. The van der Waals surface area contributed by atoms with Crippen molar-refractivity contribution in [2.75, 3.05) is 20.8 Å². The monoisotopic (exact) mass is 186 g/mol. The van der Waals surface area contributed by atoms with Crippen LogP contribution in [0.1, 0.15) is 13.8 Å². The molecule has 0 amide bonds. The fourth-order valence-electron chi connectivity index (χ4n) is 1.41. The molecule has 0 saturated heterocycles. The lowest BCUT2D eigenvalue weighted by Crippen LogP contribution is -2.52. The summed E-state index contributed by atoms with van der Waals surface area (Å²) in [6, 6.07) is 0.170. The zero-order valence-electron chi connectivity index (χ0n) is 8.70. The van der Waals surface area contributed by atoms with Gasteiger partial charge in [0.15, 0.2) is 0 Å². The Hall–Kier alpha value is -0.610. The Morgan fingerprint density at radius 1 is 1.46 bits per heavy atom. The van der Waals surface area contributed by atoms with Crippen molar-refractivity contribution in [2.45, 2.75) is 26.1 Å². The van der Waals surface area contributed by atoms with Gasteiger partial charge in [-0.1, -0.05) is 13.8 Å². The maximum absolute atomic E-state index is 5.19. The lowest BCUT2D eigenvalue weighted by Gasteiger charge is -2.31. The Balaban J connectivity index is 2.67. The normalized spacial score (nSPS) is 28.8. The molecule has 1 N–H and O–H groups in total. The molecule has 4 heteroatoms. The van der Waals surface area contributed by atoms with Gasteiger partial charge in [0.1, 0.15) is 6.23 Å². The van der Waals surface area contributed by atoms with E-state index in [1.54, 1.807) is 14.2 Å². The molecule has 1 unspecified atom stereocenters. The molecule has 0 aromatic rings. The first-order chi connectivity index (χ1) is 6.19. The van der Waals surface area contributed by atoms with Crippen LogP contribution in [0.5, 0.6) is 0 Å². The summed E-state index contributed by atoms with van der Waals surface area (Å²) in [6.07, 6.45) is 0.0197. The fraction of sp³-hybridized carbons (Fsp3) is 0.889. The van der Waals surface area contributed by atoms with Gasteiger partial charge in [-0.15, -0.1) is 0 Å². The summed E-state index contributed by atoms with van der Waals surface area (Å²) < 4.78 is 10.4. The Morgan fingerprint density at radius 3 is 2.62 bits per heavy atom. The quantitative estimate of drug-likeness (QED) is 0.688. The largest absolute Gasteiger partial charge is 0.483 e. The van der Waals surface area contributed by atoms with Crippen molar-refractivity contribution in [1.82, 2.24) is 5.32 Å². The molecule has 76 valence electrons. The van der Waals surface area contributed by atoms with E-state index in [1.165, 1.54) is 0 Å². The van der Waals surface area contributed by atoms with Gasteiger partial charge >= 0.3 is 0 Å². The molecule has 2 atom stereocenters. The molecule has 1 aliphatic rings. The topological polar surface area (TPSA) is 42.9 Å². The average molecular weight is 186 g/mol. The number of hydrogen-bond acceptors (Lipinski definition) is 4. The molecule has 0 radical (unpaired) electrons. The van der Waals surface area contributed by atoms with Crippen LogP contribution < -0.4 is 5.32 Å². The molecule has 0 aliphatic carbocycles. The number of hydrogen-bond donors (Lipinski definition) is 1. The second kappa shape index (κ2) is 4.58. The van der Waals surface area contributed by atoms with Crippen molar-refractivity contribution in [2.24, 2.45) is 10.9 Å². The van der Waals surface area contributed by atoms with E-state index in [-0.39, 0.29) is 12.3 Å². The second-order valence-corrected chi connectivity index (χ2v) is 3.50. The van der Waals surface area contributed by atoms with Gasteiger partial charge in [0.25, 0.3) is 0 Å². The van der Waals surface area contributed by atoms with Gasteiger partial charge in [-0.3, -0.25) is 10.3 Å². The third-order valence-electron chi connectivity index (χ3n) is 2.20. The van der Waals surface area contributed by atoms with Gasteiger partial charge in [0.2, 0.25) is 5.90 Å². The molecule has 0 fully saturated rings. The molecular formula is C9H18N2O2. The molecule has 1 aliphatic heterocycles. The van der Waals surface area contributed by atoms with E-state index in [2.05, 4.69) is 24.2 Å². The third-order valence-corrected chi connectivity index (χ3v) is 2.20. The Morgan fingerprint density at radius 2 is 2.15 bits per heavy atom. The van der Waals surface area contributed by atoms with Crippen LogP contribution in [0.4, 0.5) is 0 Å². The van der Waals surface area contributed by atoms with Crippen molar-refractivity contribution in [3.05, 3.63) is 0 Å². The molecule has 0 saturated carbocycles. The van der Waals surface area contributed by atoms with Crippen molar-refractivity contribution in [3.63, 3.8) is 0 Å². The van der Waals surface area contributed by atoms with E-state index >= 15 is 0 Å². The summed E-state index contributed by atoms with van der Waals surface area (Å²) in [5.74, 6) is 1.24. The minimum Gasteiger partial charge on any atom is -0.483 e. The number of ether oxygens (including phenoxy) is 2. The molecule has 0 bridgehead atoms. The Kier molecular flexibility index (Phi) is 3.69. The van der Waals surface area contributed by atoms with Gasteiger partial charge in [-0.25, -0.2) is 0 Å². The highest BCUT2D eigenvalue weighted by Gasteiger charge is 2.27. The minimum atomic E-state index is 0.0197. The molecule has 0 spiro atoms. The number of methoxy groups -OCH3 is 2. The molecule has 1 rings (SSSR count). The van der Waals surface area contributed by atoms with Crippen LogP contribution in [0, 0.1) is 5.92 Å². The minimum absolute atomic E-state index is 0.0197. The van der Waals surface area contributed by atoms with Crippen LogP contribution in [-0.2, 0) is 9.47 Å². The summed E-state index contributed by atoms with van der Waals surface area (Å²) in [7, 11) is 3.34. The SMILES string of the molecule is COC1=NCC(OC)N[C@@H]1C(C)C. The fourth-order valence-corrected chi connectivity index (χ4v) is 1.41. The van der Waals surface area contributed by atoms with E-state index in [1.807, 2.05) is 0 Å². The molecule has 0 aromatic carbocycles. The first-order valence-corrected chi connectivity index (χ1v) is 4.56. The van der Waals surface area contributed by atoms with Crippen LogP contribution >= 0.6 is 0 Å². The summed E-state index contributed by atoms with van der Waals surface area (Å²) >= 11 is 0. The first-order valence-electron chi connectivity index (χ1n) is 4.56. The summed E-state index contributed by atoms with van der Waals surface area (Å²) in [5, 5.41) is 3.33. The van der Waals surface area contributed by atoms with Crippen LogP contribution in [0.25, 0.3) is 0 Å². The summed E-state index contributed by atoms with van der Waals surface area (Å²) in [4.78, 5) is 4.31. The lowest BCUT2D eigenvalue weighted by molar-refractivity contribution is 0.0625. The maximum Gasteiger partial charge on any atom is 0.201 e. The zero-order chi connectivity index (χ0) is 9.84. The van der Waals surface area contributed by atoms with E-state index in [0.29, 0.717) is 12.5 Å². The van der Waals surface area contributed by atoms with Crippen LogP contribution in [-0.4, -0.2) is 38.9 Å². The van der Waals surface area contributed by atoms with Gasteiger partial charge in [-0.05, 0) is 5.92 Å². The van der Waals surface area contributed by atoms with Crippen molar-refractivity contribution < 1.29 is 9.47 Å². The summed E-state index contributed by atoms with van der Waals surface area (Å²) in [5.41, 5.74) is 0. The van der Waals surface area contributed by atoms with Gasteiger partial charge in [0.05, 0.1) is 19.7 Å². The Bertz CT molecular complexity index is 192. The van der Waals surface area contributed by atoms with E-state index in [4.69, 9.17) is 9.47 Å². The predicted molar refractivity (Wildman–Crippen MR) is 51.9 cm³/mol. The van der Waals surface area contributed by atoms with Crippen molar-refractivity contribution in [1.29, 1.82) is 0 Å². The van der Waals surface area contributed by atoms with Crippen molar-refractivity contribution in [3.8, 4) is 0 Å². The maximum atomic E-state index is 5.19. The van der Waals surface area contributed by atoms with Gasteiger partial charge < -0.3 is 9.47 Å². The molecular weight excluding hydrogens is 168 g/mol. The summed E-state index contributed by atoms with van der Waals surface area (Å²) in [6.45, 7) is 4.89. The first kappa shape index (κ1) is 10.5.